The number of aryl methyl sites for hydroxylation is 1. The lowest BCUT2D eigenvalue weighted by Gasteiger charge is -2.09. The quantitative estimate of drug-likeness (QED) is 0.833. The van der Waals surface area contributed by atoms with Crippen LogP contribution < -0.4 is 10.9 Å². The molecular weight excluding hydrogens is 286 g/mol. The molecule has 0 aliphatic rings. The van der Waals surface area contributed by atoms with Crippen molar-refractivity contribution >= 4 is 27.7 Å². The van der Waals surface area contributed by atoms with E-state index in [1.165, 1.54) is 0 Å². The third-order valence-electron chi connectivity index (χ3n) is 2.11. The Morgan fingerprint density at radius 3 is 2.53 bits per heavy atom. The van der Waals surface area contributed by atoms with E-state index in [0.717, 1.165) is 4.47 Å². The third-order valence-corrected chi connectivity index (χ3v) is 2.55. The summed E-state index contributed by atoms with van der Waals surface area (Å²) in [7, 11) is 1.76. The lowest BCUT2D eigenvalue weighted by molar-refractivity contribution is -0.122. The van der Waals surface area contributed by atoms with Crippen molar-refractivity contribution in [1.29, 1.82) is 0 Å². The van der Waals surface area contributed by atoms with E-state index >= 15 is 0 Å². The lowest BCUT2D eigenvalue weighted by atomic mass is 10.1. The highest BCUT2D eigenvalue weighted by Crippen LogP contribution is 2.13. The van der Waals surface area contributed by atoms with Gasteiger partial charge in [0.05, 0.1) is 0 Å². The molecule has 5 nitrogen and oxygen atoms in total. The fraction of sp³-hybridized carbons (Fsp3) is 0.455. The molecule has 1 aromatic heterocycles. The van der Waals surface area contributed by atoms with E-state index in [2.05, 4.69) is 26.8 Å². The molecule has 0 unspecified atom stereocenters. The first-order valence-corrected chi connectivity index (χ1v) is 6.10. The molecule has 0 saturated heterocycles. The largest absolute Gasteiger partial charge is 0.345 e. The zero-order valence-corrected chi connectivity index (χ0v) is 11.7. The van der Waals surface area contributed by atoms with Gasteiger partial charge in [0, 0.05) is 24.1 Å². The molecule has 0 bridgehead atoms. The van der Waals surface area contributed by atoms with E-state index in [1.807, 2.05) is 13.8 Å². The van der Waals surface area contributed by atoms with E-state index in [9.17, 15) is 9.59 Å². The van der Waals surface area contributed by atoms with Crippen molar-refractivity contribution in [2.24, 2.45) is 13.0 Å². The first-order chi connectivity index (χ1) is 7.90. The second kappa shape index (κ2) is 5.86. The number of hydrogen-bond acceptors (Lipinski definition) is 2. The number of nitrogens with one attached hydrogen (secondary N) is 2. The van der Waals surface area contributed by atoms with Crippen LogP contribution in [0.5, 0.6) is 0 Å². The van der Waals surface area contributed by atoms with Gasteiger partial charge in [-0.05, 0) is 27.9 Å². The Hall–Kier alpha value is -1.30. The van der Waals surface area contributed by atoms with Gasteiger partial charge in [-0.25, -0.2) is 0 Å². The zero-order valence-electron chi connectivity index (χ0n) is 10.1. The molecule has 0 atom stereocenters. The second-order valence-electron chi connectivity index (χ2n) is 4.25. The van der Waals surface area contributed by atoms with Crippen molar-refractivity contribution in [3.05, 3.63) is 22.4 Å². The number of aromatic nitrogens is 1. The average molecular weight is 302 g/mol. The molecule has 17 heavy (non-hydrogen) atoms. The van der Waals surface area contributed by atoms with Crippen LogP contribution in [-0.2, 0) is 11.8 Å². The Morgan fingerprint density at radius 2 is 2.06 bits per heavy atom. The summed E-state index contributed by atoms with van der Waals surface area (Å²) in [5.74, 6) is -0.270. The summed E-state index contributed by atoms with van der Waals surface area (Å²) in [5.41, 5.74) is 5.23. The van der Waals surface area contributed by atoms with Crippen LogP contribution in [0.1, 0.15) is 30.8 Å². The van der Waals surface area contributed by atoms with Gasteiger partial charge in [-0.3, -0.25) is 20.4 Å². The van der Waals surface area contributed by atoms with Crippen molar-refractivity contribution in [1.82, 2.24) is 15.4 Å². The van der Waals surface area contributed by atoms with Gasteiger partial charge >= 0.3 is 0 Å². The number of carbonyl (C=O) groups excluding carboxylic acids is 2. The fourth-order valence-corrected chi connectivity index (χ4v) is 1.89. The number of carbonyl (C=O) groups is 2. The Labute approximate surface area is 109 Å². The van der Waals surface area contributed by atoms with Gasteiger partial charge in [0.2, 0.25) is 5.91 Å². The molecule has 0 radical (unpaired) electrons. The first kappa shape index (κ1) is 13.8. The standard InChI is InChI=1S/C11H16BrN3O2/c1-7(2)4-10(16)13-14-11(17)9-5-8(12)6-15(9)3/h5-7H,4H2,1-3H3,(H,13,16)(H,14,17). The zero-order chi connectivity index (χ0) is 13.0. The Bertz CT molecular complexity index is 426. The minimum absolute atomic E-state index is 0.193. The summed E-state index contributed by atoms with van der Waals surface area (Å²) in [5, 5.41) is 0. The molecule has 1 aromatic rings. The maximum absolute atomic E-state index is 11.7. The summed E-state index contributed by atoms with van der Waals surface area (Å²) >= 11 is 3.28. The predicted molar refractivity (Wildman–Crippen MR) is 68.2 cm³/mol. The Morgan fingerprint density at radius 1 is 1.41 bits per heavy atom. The SMILES string of the molecule is CC(C)CC(=O)NNC(=O)c1cc(Br)cn1C. The predicted octanol–water partition coefficient (Wildman–Crippen LogP) is 1.59. The molecule has 94 valence electrons. The van der Waals surface area contributed by atoms with Gasteiger partial charge in [0.15, 0.2) is 0 Å². The highest BCUT2D eigenvalue weighted by Gasteiger charge is 2.12. The highest BCUT2D eigenvalue weighted by atomic mass is 79.9. The van der Waals surface area contributed by atoms with Crippen LogP contribution in [-0.4, -0.2) is 16.4 Å². The van der Waals surface area contributed by atoms with Crippen molar-refractivity contribution < 1.29 is 9.59 Å². The average Bonchev–Trinajstić information content (AvgIpc) is 2.53. The van der Waals surface area contributed by atoms with Crippen LogP contribution in [0.25, 0.3) is 0 Å². The molecule has 0 aromatic carbocycles. The summed E-state index contributed by atoms with van der Waals surface area (Å²) < 4.78 is 2.49. The molecule has 2 N–H and O–H groups in total. The minimum atomic E-state index is -0.338. The molecule has 0 aliphatic carbocycles. The fourth-order valence-electron chi connectivity index (χ4n) is 1.36. The minimum Gasteiger partial charge on any atom is -0.345 e. The van der Waals surface area contributed by atoms with Crippen molar-refractivity contribution in [3.63, 3.8) is 0 Å². The van der Waals surface area contributed by atoms with Gasteiger partial charge in [0.25, 0.3) is 5.91 Å². The monoisotopic (exact) mass is 301 g/mol. The van der Waals surface area contributed by atoms with Gasteiger partial charge in [0.1, 0.15) is 5.69 Å². The summed E-state index contributed by atoms with van der Waals surface area (Å²) in [4.78, 5) is 23.0. The van der Waals surface area contributed by atoms with E-state index in [0.29, 0.717) is 12.1 Å². The summed E-state index contributed by atoms with van der Waals surface area (Å²) in [6.07, 6.45) is 2.15. The number of hydrogen-bond donors (Lipinski definition) is 2. The lowest BCUT2D eigenvalue weighted by Crippen LogP contribution is -2.42. The molecule has 0 aliphatic heterocycles. The normalized spacial score (nSPS) is 10.4. The molecule has 0 fully saturated rings. The van der Waals surface area contributed by atoms with Gasteiger partial charge in [-0.15, -0.1) is 0 Å². The van der Waals surface area contributed by atoms with Crippen LogP contribution in [0.4, 0.5) is 0 Å². The van der Waals surface area contributed by atoms with E-state index in [4.69, 9.17) is 0 Å². The van der Waals surface area contributed by atoms with Crippen LogP contribution >= 0.6 is 15.9 Å². The topological polar surface area (TPSA) is 63.1 Å². The van der Waals surface area contributed by atoms with Crippen LogP contribution in [0, 0.1) is 5.92 Å². The number of rotatable bonds is 3. The summed E-state index contributed by atoms with van der Waals surface area (Å²) in [6.45, 7) is 3.88. The summed E-state index contributed by atoms with van der Waals surface area (Å²) in [6, 6.07) is 1.68. The Balaban J connectivity index is 2.50. The molecule has 0 spiro atoms. The first-order valence-electron chi connectivity index (χ1n) is 5.31. The van der Waals surface area contributed by atoms with Gasteiger partial charge in [-0.2, -0.15) is 0 Å². The van der Waals surface area contributed by atoms with Crippen LogP contribution in [0.3, 0.4) is 0 Å². The highest BCUT2D eigenvalue weighted by molar-refractivity contribution is 9.10. The number of nitrogens with zero attached hydrogens (tertiary/aromatic N) is 1. The van der Waals surface area contributed by atoms with Crippen molar-refractivity contribution in [3.8, 4) is 0 Å². The molecular formula is C11H16BrN3O2. The molecule has 6 heteroatoms. The second-order valence-corrected chi connectivity index (χ2v) is 5.17. The van der Waals surface area contributed by atoms with Crippen LogP contribution in [0.15, 0.2) is 16.7 Å². The van der Waals surface area contributed by atoms with E-state index in [-0.39, 0.29) is 17.7 Å². The molecule has 2 amide bonds. The molecule has 0 saturated carbocycles. The van der Waals surface area contributed by atoms with E-state index < -0.39 is 0 Å². The maximum atomic E-state index is 11.7. The Kier molecular flexibility index (Phi) is 4.74. The molecule has 1 rings (SSSR count). The maximum Gasteiger partial charge on any atom is 0.286 e. The molecule has 1 heterocycles. The number of halogens is 1. The van der Waals surface area contributed by atoms with Crippen molar-refractivity contribution in [2.45, 2.75) is 20.3 Å². The number of amides is 2. The third kappa shape index (κ3) is 4.22. The van der Waals surface area contributed by atoms with Gasteiger partial charge < -0.3 is 4.57 Å². The number of hydrazine groups is 1. The van der Waals surface area contributed by atoms with Gasteiger partial charge in [-0.1, -0.05) is 13.8 Å². The van der Waals surface area contributed by atoms with Crippen LogP contribution in [0.2, 0.25) is 0 Å². The smallest absolute Gasteiger partial charge is 0.286 e. The van der Waals surface area contributed by atoms with E-state index in [1.54, 1.807) is 23.9 Å². The van der Waals surface area contributed by atoms with Crippen molar-refractivity contribution in [2.75, 3.05) is 0 Å².